The van der Waals surface area contributed by atoms with Gasteiger partial charge in [0.15, 0.2) is 0 Å². The van der Waals surface area contributed by atoms with Gasteiger partial charge in [-0.15, -0.1) is 0 Å². The molecule has 0 aliphatic carbocycles. The summed E-state index contributed by atoms with van der Waals surface area (Å²) in [7, 11) is 0. The van der Waals surface area contributed by atoms with E-state index in [1.54, 1.807) is 11.8 Å². The van der Waals surface area contributed by atoms with Gasteiger partial charge in [-0.3, -0.25) is 4.90 Å². The summed E-state index contributed by atoms with van der Waals surface area (Å²) in [6.07, 6.45) is 7.59. The van der Waals surface area contributed by atoms with Crippen molar-refractivity contribution >= 4 is 40.0 Å². The summed E-state index contributed by atoms with van der Waals surface area (Å²) >= 11 is 7.80. The molecule has 1 saturated heterocycles. The summed E-state index contributed by atoms with van der Waals surface area (Å²) in [5.41, 5.74) is 6.22. The van der Waals surface area contributed by atoms with Crippen molar-refractivity contribution in [2.45, 2.75) is 48.6 Å². The average Bonchev–Trinajstić information content (AvgIpc) is 3.03. The van der Waals surface area contributed by atoms with Crippen LogP contribution in [0.1, 0.15) is 36.9 Å². The number of piperidine rings is 1. The van der Waals surface area contributed by atoms with Crippen LogP contribution >= 0.6 is 23.4 Å². The normalized spacial score (nSPS) is 20.2. The van der Waals surface area contributed by atoms with Crippen molar-refractivity contribution in [2.75, 3.05) is 13.1 Å². The van der Waals surface area contributed by atoms with Crippen LogP contribution in [0, 0.1) is 6.92 Å². The second kappa shape index (κ2) is 7.58. The molecule has 0 bridgehead atoms. The number of hydrogen-bond donors (Lipinski definition) is 1. The summed E-state index contributed by atoms with van der Waals surface area (Å²) in [6.45, 7) is 4.50. The molecular weight excluding hydrogens is 386 g/mol. The van der Waals surface area contributed by atoms with Crippen LogP contribution in [0.2, 0.25) is 5.02 Å². The van der Waals surface area contributed by atoms with E-state index < -0.39 is 0 Å². The Morgan fingerprint density at radius 3 is 3.04 bits per heavy atom. The number of pyridine rings is 1. The Bertz CT molecular complexity index is 1060. The van der Waals surface area contributed by atoms with E-state index in [0.29, 0.717) is 6.04 Å². The van der Waals surface area contributed by atoms with Crippen molar-refractivity contribution in [1.82, 2.24) is 14.9 Å². The van der Waals surface area contributed by atoms with Gasteiger partial charge in [0.05, 0.1) is 11.0 Å². The molecule has 5 rings (SSSR count). The van der Waals surface area contributed by atoms with Crippen molar-refractivity contribution in [1.29, 1.82) is 0 Å². The third-order valence-corrected chi connectivity index (χ3v) is 7.08. The number of H-pyrrole nitrogens is 1. The summed E-state index contributed by atoms with van der Waals surface area (Å²) in [5.74, 6) is 0. The number of aromatic nitrogens is 2. The number of rotatable bonds is 3. The van der Waals surface area contributed by atoms with Crippen molar-refractivity contribution in [3.8, 4) is 0 Å². The van der Waals surface area contributed by atoms with Crippen LogP contribution < -0.4 is 0 Å². The molecule has 0 radical (unpaired) electrons. The molecule has 1 N–H and O–H groups in total. The minimum Gasteiger partial charge on any atom is -0.357 e. The molecule has 5 heteroatoms. The second-order valence-electron chi connectivity index (χ2n) is 7.81. The number of aryl methyl sites for hydroxylation is 1. The molecule has 3 aromatic rings. The number of hydrogen-bond acceptors (Lipinski definition) is 3. The first kappa shape index (κ1) is 18.3. The molecular formula is C23H24ClN3S. The van der Waals surface area contributed by atoms with Crippen molar-refractivity contribution < 1.29 is 0 Å². The number of benzene rings is 1. The van der Waals surface area contributed by atoms with E-state index in [2.05, 4.69) is 41.1 Å². The van der Waals surface area contributed by atoms with Crippen LogP contribution in [0.25, 0.3) is 16.6 Å². The van der Waals surface area contributed by atoms with Gasteiger partial charge in [0.25, 0.3) is 0 Å². The second-order valence-corrected chi connectivity index (χ2v) is 9.34. The lowest BCUT2D eigenvalue weighted by atomic mass is 9.88. The van der Waals surface area contributed by atoms with Gasteiger partial charge < -0.3 is 4.98 Å². The van der Waals surface area contributed by atoms with Crippen LogP contribution in [0.5, 0.6) is 0 Å². The largest absolute Gasteiger partial charge is 0.357 e. The molecule has 4 heterocycles. The van der Waals surface area contributed by atoms with Gasteiger partial charge in [0.2, 0.25) is 0 Å². The molecule has 1 atom stereocenters. The highest BCUT2D eigenvalue weighted by Gasteiger charge is 2.28. The molecule has 28 heavy (non-hydrogen) atoms. The van der Waals surface area contributed by atoms with Gasteiger partial charge in [0, 0.05) is 33.8 Å². The van der Waals surface area contributed by atoms with E-state index in [-0.39, 0.29) is 0 Å². The van der Waals surface area contributed by atoms with Crippen LogP contribution in [0.15, 0.2) is 52.4 Å². The molecule has 0 amide bonds. The quantitative estimate of drug-likeness (QED) is 0.549. The summed E-state index contributed by atoms with van der Waals surface area (Å²) in [4.78, 5) is 12.3. The van der Waals surface area contributed by atoms with E-state index in [1.165, 1.54) is 42.6 Å². The summed E-state index contributed by atoms with van der Waals surface area (Å²) in [5, 5.41) is 1.76. The van der Waals surface area contributed by atoms with Crippen molar-refractivity contribution in [3.05, 3.63) is 58.8 Å². The molecule has 144 valence electrons. The van der Waals surface area contributed by atoms with Gasteiger partial charge in [-0.25, -0.2) is 4.98 Å². The van der Waals surface area contributed by atoms with Gasteiger partial charge >= 0.3 is 0 Å². The fourth-order valence-corrected chi connectivity index (χ4v) is 5.68. The monoisotopic (exact) mass is 409 g/mol. The number of fused-ring (bicyclic) bond motifs is 2. The summed E-state index contributed by atoms with van der Waals surface area (Å²) in [6, 6.07) is 12.9. The maximum Gasteiger partial charge on any atom is 0.102 e. The van der Waals surface area contributed by atoms with E-state index in [0.717, 1.165) is 38.9 Å². The Kier molecular flexibility index (Phi) is 4.95. The zero-order chi connectivity index (χ0) is 19.1. The minimum atomic E-state index is 0.696. The van der Waals surface area contributed by atoms with E-state index in [1.807, 2.05) is 18.2 Å². The summed E-state index contributed by atoms with van der Waals surface area (Å²) < 4.78 is 0. The van der Waals surface area contributed by atoms with Crippen molar-refractivity contribution in [2.24, 2.45) is 0 Å². The fourth-order valence-electron chi connectivity index (χ4n) is 4.58. The first-order chi connectivity index (χ1) is 13.7. The van der Waals surface area contributed by atoms with E-state index >= 15 is 0 Å². The molecule has 2 aromatic heterocycles. The smallest absolute Gasteiger partial charge is 0.102 e. The Balaban J connectivity index is 1.50. The third-order valence-electron chi connectivity index (χ3n) is 5.92. The zero-order valence-electron chi connectivity index (χ0n) is 16.0. The SMILES string of the molecule is Cc1[nH]c2ccc(Sc3cccc(Cl)c3)nc2c1C1=CCN2CCCCC2C1. The number of nitrogens with zero attached hydrogens (tertiary/aromatic N) is 2. The number of nitrogens with one attached hydrogen (secondary N) is 1. The van der Waals surface area contributed by atoms with Gasteiger partial charge in [-0.2, -0.15) is 0 Å². The van der Waals surface area contributed by atoms with Gasteiger partial charge in [-0.1, -0.05) is 41.9 Å². The van der Waals surface area contributed by atoms with Crippen LogP contribution in [0.3, 0.4) is 0 Å². The fraction of sp³-hybridized carbons (Fsp3) is 0.348. The Hall–Kier alpha value is -1.75. The van der Waals surface area contributed by atoms with Crippen LogP contribution in [-0.2, 0) is 0 Å². The van der Waals surface area contributed by atoms with Crippen molar-refractivity contribution in [3.63, 3.8) is 0 Å². The van der Waals surface area contributed by atoms with Crippen LogP contribution in [0.4, 0.5) is 0 Å². The maximum absolute atomic E-state index is 6.14. The highest BCUT2D eigenvalue weighted by atomic mass is 35.5. The van der Waals surface area contributed by atoms with Gasteiger partial charge in [0.1, 0.15) is 5.03 Å². The highest BCUT2D eigenvalue weighted by Crippen LogP contribution is 2.37. The molecule has 2 aliphatic rings. The Morgan fingerprint density at radius 1 is 1.21 bits per heavy atom. The lowest BCUT2D eigenvalue weighted by Gasteiger charge is -2.38. The minimum absolute atomic E-state index is 0.696. The Labute approximate surface area is 175 Å². The molecule has 3 nitrogen and oxygen atoms in total. The standard InChI is InChI=1S/C23H24ClN3S/c1-15-22(16-10-12-27-11-3-2-6-18(27)13-16)23-20(25-15)8-9-21(26-23)28-19-7-4-5-17(24)14-19/h4-5,7-10,14,18,25H,2-3,6,11-13H2,1H3. The predicted molar refractivity (Wildman–Crippen MR) is 118 cm³/mol. The lowest BCUT2D eigenvalue weighted by molar-refractivity contribution is 0.161. The van der Waals surface area contributed by atoms with Gasteiger partial charge in [-0.05, 0) is 68.6 Å². The van der Waals surface area contributed by atoms with Crippen LogP contribution in [-0.4, -0.2) is 34.0 Å². The molecule has 1 fully saturated rings. The number of aromatic amines is 1. The molecule has 0 saturated carbocycles. The topological polar surface area (TPSA) is 31.9 Å². The molecule has 0 spiro atoms. The molecule has 1 unspecified atom stereocenters. The lowest BCUT2D eigenvalue weighted by Crippen LogP contribution is -2.41. The number of halogens is 1. The third kappa shape index (κ3) is 3.49. The average molecular weight is 410 g/mol. The molecule has 1 aromatic carbocycles. The first-order valence-electron chi connectivity index (χ1n) is 10.0. The van der Waals surface area contributed by atoms with E-state index in [4.69, 9.17) is 16.6 Å². The zero-order valence-corrected chi connectivity index (χ0v) is 17.6. The highest BCUT2D eigenvalue weighted by molar-refractivity contribution is 7.99. The van der Waals surface area contributed by atoms with E-state index in [9.17, 15) is 0 Å². The Morgan fingerprint density at radius 2 is 2.14 bits per heavy atom. The first-order valence-corrected chi connectivity index (χ1v) is 11.2. The molecule has 2 aliphatic heterocycles. The maximum atomic E-state index is 6.14. The predicted octanol–water partition coefficient (Wildman–Crippen LogP) is 6.32.